The number of hydrogen-bond acceptors (Lipinski definition) is 6. The lowest BCUT2D eigenvalue weighted by atomic mass is 10.0. The molecule has 1 unspecified atom stereocenters. The third kappa shape index (κ3) is 4.06. The molecule has 0 saturated carbocycles. The van der Waals surface area contributed by atoms with Crippen molar-refractivity contribution in [3.8, 4) is 0 Å². The molecule has 7 heteroatoms. The topological polar surface area (TPSA) is 113 Å². The van der Waals surface area contributed by atoms with Crippen LogP contribution in [-0.2, 0) is 4.79 Å². The lowest BCUT2D eigenvalue weighted by Gasteiger charge is -2.18. The van der Waals surface area contributed by atoms with Crippen LogP contribution in [0.1, 0.15) is 32.3 Å². The number of nitrogens with two attached hydrogens (primary N) is 1. The standard InChI is InChI=1S/C12H21N5O2/c1-4-14-11-9(7(2)3)12(17-6-16-11)15-5-8(18)10(13)19/h6-8,18H,4-5H2,1-3H3,(H2,13,19)(H2,14,15,16,17). The zero-order valence-corrected chi connectivity index (χ0v) is 11.5. The summed E-state index contributed by atoms with van der Waals surface area (Å²) in [7, 11) is 0. The molecule has 0 aliphatic heterocycles. The molecule has 7 nitrogen and oxygen atoms in total. The Kier molecular flexibility index (Phi) is 5.50. The first-order chi connectivity index (χ1) is 8.97. The molecule has 0 radical (unpaired) electrons. The van der Waals surface area contributed by atoms with Gasteiger partial charge in [-0.3, -0.25) is 4.79 Å². The number of primary amides is 1. The van der Waals surface area contributed by atoms with E-state index in [1.165, 1.54) is 6.33 Å². The quantitative estimate of drug-likeness (QED) is 0.564. The molecule has 0 aromatic carbocycles. The second-order valence-electron chi connectivity index (χ2n) is 4.47. The molecule has 5 N–H and O–H groups in total. The van der Waals surface area contributed by atoms with Crippen molar-refractivity contribution in [3.63, 3.8) is 0 Å². The molecule has 0 bridgehead atoms. The first kappa shape index (κ1) is 15.2. The number of aliphatic hydroxyl groups excluding tert-OH is 1. The van der Waals surface area contributed by atoms with Crippen molar-refractivity contribution in [3.05, 3.63) is 11.9 Å². The zero-order valence-electron chi connectivity index (χ0n) is 11.5. The van der Waals surface area contributed by atoms with E-state index in [4.69, 9.17) is 5.73 Å². The highest BCUT2D eigenvalue weighted by molar-refractivity contribution is 5.79. The van der Waals surface area contributed by atoms with Crippen LogP contribution < -0.4 is 16.4 Å². The predicted octanol–water partition coefficient (Wildman–Crippen LogP) is 0.290. The molecular formula is C12H21N5O2. The van der Waals surface area contributed by atoms with Crippen molar-refractivity contribution in [1.82, 2.24) is 9.97 Å². The number of nitrogens with zero attached hydrogens (tertiary/aromatic N) is 2. The second kappa shape index (κ2) is 6.89. The number of aromatic nitrogens is 2. The number of aliphatic hydroxyl groups is 1. The van der Waals surface area contributed by atoms with Gasteiger partial charge in [0.15, 0.2) is 0 Å². The molecule has 1 aromatic rings. The van der Waals surface area contributed by atoms with Crippen molar-refractivity contribution in [2.45, 2.75) is 32.8 Å². The van der Waals surface area contributed by atoms with Crippen LogP contribution in [-0.4, -0.2) is 40.2 Å². The molecule has 19 heavy (non-hydrogen) atoms. The first-order valence-corrected chi connectivity index (χ1v) is 6.27. The van der Waals surface area contributed by atoms with Gasteiger partial charge in [0, 0.05) is 12.1 Å². The summed E-state index contributed by atoms with van der Waals surface area (Å²) < 4.78 is 0. The fourth-order valence-electron chi connectivity index (χ4n) is 1.69. The largest absolute Gasteiger partial charge is 0.381 e. The molecule has 0 aliphatic rings. The van der Waals surface area contributed by atoms with E-state index in [1.807, 2.05) is 20.8 Å². The van der Waals surface area contributed by atoms with Crippen LogP contribution >= 0.6 is 0 Å². The van der Waals surface area contributed by atoms with E-state index >= 15 is 0 Å². The molecule has 0 aliphatic carbocycles. The minimum Gasteiger partial charge on any atom is -0.381 e. The summed E-state index contributed by atoms with van der Waals surface area (Å²) in [5.41, 5.74) is 5.92. The fraction of sp³-hybridized carbons (Fsp3) is 0.583. The Hall–Kier alpha value is -1.89. The molecule has 1 heterocycles. The Bertz CT molecular complexity index is 436. The zero-order chi connectivity index (χ0) is 14.4. The smallest absolute Gasteiger partial charge is 0.248 e. The van der Waals surface area contributed by atoms with E-state index in [-0.39, 0.29) is 12.5 Å². The number of anilines is 2. The summed E-state index contributed by atoms with van der Waals surface area (Å²) in [6.07, 6.45) is 0.195. The van der Waals surface area contributed by atoms with Gasteiger partial charge in [-0.15, -0.1) is 0 Å². The molecule has 1 atom stereocenters. The second-order valence-corrected chi connectivity index (χ2v) is 4.47. The highest BCUT2D eigenvalue weighted by atomic mass is 16.3. The van der Waals surface area contributed by atoms with E-state index in [2.05, 4.69) is 20.6 Å². The third-order valence-electron chi connectivity index (χ3n) is 2.60. The first-order valence-electron chi connectivity index (χ1n) is 6.27. The number of carbonyl (C=O) groups excluding carboxylic acids is 1. The summed E-state index contributed by atoms with van der Waals surface area (Å²) in [6.45, 7) is 6.80. The Balaban J connectivity index is 2.93. The maximum absolute atomic E-state index is 10.8. The number of carbonyl (C=O) groups is 1. The minimum atomic E-state index is -1.24. The van der Waals surface area contributed by atoms with E-state index in [1.54, 1.807) is 0 Å². The predicted molar refractivity (Wildman–Crippen MR) is 74.0 cm³/mol. The summed E-state index contributed by atoms with van der Waals surface area (Å²) in [4.78, 5) is 19.1. The number of hydrogen-bond donors (Lipinski definition) is 4. The van der Waals surface area contributed by atoms with Crippen LogP contribution in [0.3, 0.4) is 0 Å². The van der Waals surface area contributed by atoms with Crippen LogP contribution in [0.25, 0.3) is 0 Å². The molecule has 106 valence electrons. The van der Waals surface area contributed by atoms with Crippen molar-refractivity contribution in [2.75, 3.05) is 23.7 Å². The van der Waals surface area contributed by atoms with Gasteiger partial charge in [-0.05, 0) is 12.8 Å². The van der Waals surface area contributed by atoms with Crippen molar-refractivity contribution in [1.29, 1.82) is 0 Å². The monoisotopic (exact) mass is 267 g/mol. The Morgan fingerprint density at radius 1 is 1.37 bits per heavy atom. The maximum atomic E-state index is 10.8. The van der Waals surface area contributed by atoms with Crippen LogP contribution in [0.5, 0.6) is 0 Å². The van der Waals surface area contributed by atoms with Crippen molar-refractivity contribution < 1.29 is 9.90 Å². The average molecular weight is 267 g/mol. The molecule has 1 amide bonds. The van der Waals surface area contributed by atoms with Crippen LogP contribution in [0.2, 0.25) is 0 Å². The van der Waals surface area contributed by atoms with E-state index in [9.17, 15) is 9.90 Å². The van der Waals surface area contributed by atoms with Crippen molar-refractivity contribution in [2.24, 2.45) is 5.73 Å². The molecule has 0 fully saturated rings. The fourth-order valence-corrected chi connectivity index (χ4v) is 1.69. The minimum absolute atomic E-state index is 0.0254. The normalized spacial score (nSPS) is 12.3. The molecule has 0 saturated heterocycles. The average Bonchev–Trinajstić information content (AvgIpc) is 2.35. The van der Waals surface area contributed by atoms with Crippen LogP contribution in [0, 0.1) is 0 Å². The highest BCUT2D eigenvalue weighted by Crippen LogP contribution is 2.28. The Morgan fingerprint density at radius 3 is 2.42 bits per heavy atom. The van der Waals surface area contributed by atoms with E-state index in [0.717, 1.165) is 17.9 Å². The maximum Gasteiger partial charge on any atom is 0.248 e. The van der Waals surface area contributed by atoms with Gasteiger partial charge in [0.1, 0.15) is 24.1 Å². The molecular weight excluding hydrogens is 246 g/mol. The van der Waals surface area contributed by atoms with Crippen molar-refractivity contribution >= 4 is 17.5 Å². The van der Waals surface area contributed by atoms with Gasteiger partial charge in [0.05, 0.1) is 6.54 Å². The van der Waals surface area contributed by atoms with Gasteiger partial charge in [0.25, 0.3) is 0 Å². The van der Waals surface area contributed by atoms with Crippen LogP contribution in [0.4, 0.5) is 11.6 Å². The van der Waals surface area contributed by atoms with Gasteiger partial charge in [0.2, 0.25) is 5.91 Å². The SMILES string of the molecule is CCNc1ncnc(NCC(O)C(N)=O)c1C(C)C. The summed E-state index contributed by atoms with van der Waals surface area (Å²) in [5, 5.41) is 15.5. The van der Waals surface area contributed by atoms with Gasteiger partial charge in [-0.25, -0.2) is 9.97 Å². The third-order valence-corrected chi connectivity index (χ3v) is 2.60. The van der Waals surface area contributed by atoms with E-state index in [0.29, 0.717) is 5.82 Å². The number of rotatable bonds is 7. The summed E-state index contributed by atoms with van der Waals surface area (Å²) in [6, 6.07) is 0. The molecule has 1 rings (SSSR count). The Labute approximate surface area is 112 Å². The van der Waals surface area contributed by atoms with Crippen LogP contribution in [0.15, 0.2) is 6.33 Å². The van der Waals surface area contributed by atoms with Gasteiger partial charge in [-0.1, -0.05) is 13.8 Å². The number of nitrogens with one attached hydrogen (secondary N) is 2. The summed E-state index contributed by atoms with van der Waals surface area (Å²) >= 11 is 0. The van der Waals surface area contributed by atoms with E-state index < -0.39 is 12.0 Å². The lowest BCUT2D eigenvalue weighted by Crippen LogP contribution is -2.34. The van der Waals surface area contributed by atoms with Gasteiger partial charge < -0.3 is 21.5 Å². The Morgan fingerprint density at radius 2 is 1.95 bits per heavy atom. The van der Waals surface area contributed by atoms with Gasteiger partial charge >= 0.3 is 0 Å². The summed E-state index contributed by atoms with van der Waals surface area (Å²) in [5.74, 6) is 0.785. The molecule has 1 aromatic heterocycles. The lowest BCUT2D eigenvalue weighted by molar-refractivity contribution is -0.125. The highest BCUT2D eigenvalue weighted by Gasteiger charge is 2.16. The molecule has 0 spiro atoms. The van der Waals surface area contributed by atoms with Gasteiger partial charge in [-0.2, -0.15) is 0 Å². The number of amides is 1.